The molecule has 0 radical (unpaired) electrons. The van der Waals surface area contributed by atoms with Crippen LogP contribution in [0.5, 0.6) is 11.5 Å². The molecule has 0 amide bonds. The van der Waals surface area contributed by atoms with Crippen molar-refractivity contribution in [1.82, 2.24) is 9.97 Å². The lowest BCUT2D eigenvalue weighted by molar-refractivity contribution is 0.174. The molecule has 0 aliphatic carbocycles. The Kier molecular flexibility index (Phi) is 4.42. The highest BCUT2D eigenvalue weighted by Crippen LogP contribution is 2.35. The zero-order valence-electron chi connectivity index (χ0n) is 15.5. The summed E-state index contributed by atoms with van der Waals surface area (Å²) in [5.41, 5.74) is 3.85. The standard InChI is InChI=1S/C20H21N5O2/c1-13-11-21-20(23-14-5-4-6-16(9-14)25(2)3)24-19(13)22-15-7-8-17-18(10-15)27-12-26-17/h4-11H,12H2,1-3H3,(H2,21,22,23,24). The fourth-order valence-corrected chi connectivity index (χ4v) is 2.73. The van der Waals surface area contributed by atoms with Crippen LogP contribution in [0.3, 0.4) is 0 Å². The molecule has 1 aliphatic rings. The van der Waals surface area contributed by atoms with Crippen LogP contribution < -0.4 is 25.0 Å². The Bertz CT molecular complexity index is 974. The first-order valence-electron chi connectivity index (χ1n) is 8.63. The number of ether oxygens (including phenoxy) is 2. The van der Waals surface area contributed by atoms with Crippen molar-refractivity contribution in [3.8, 4) is 11.5 Å². The maximum absolute atomic E-state index is 5.43. The van der Waals surface area contributed by atoms with Gasteiger partial charge < -0.3 is 25.0 Å². The van der Waals surface area contributed by atoms with E-state index in [1.165, 1.54) is 0 Å². The van der Waals surface area contributed by atoms with E-state index < -0.39 is 0 Å². The molecule has 0 unspecified atom stereocenters. The highest BCUT2D eigenvalue weighted by molar-refractivity contribution is 5.66. The first-order chi connectivity index (χ1) is 13.1. The van der Waals surface area contributed by atoms with E-state index in [2.05, 4.69) is 20.6 Å². The summed E-state index contributed by atoms with van der Waals surface area (Å²) < 4.78 is 10.8. The minimum atomic E-state index is 0.255. The van der Waals surface area contributed by atoms with Crippen molar-refractivity contribution in [3.05, 3.63) is 54.2 Å². The van der Waals surface area contributed by atoms with Crippen LogP contribution in [0.25, 0.3) is 0 Å². The van der Waals surface area contributed by atoms with Crippen LogP contribution in [0, 0.1) is 6.92 Å². The van der Waals surface area contributed by atoms with Gasteiger partial charge in [-0.3, -0.25) is 0 Å². The van der Waals surface area contributed by atoms with Crippen molar-refractivity contribution in [3.63, 3.8) is 0 Å². The summed E-state index contributed by atoms with van der Waals surface area (Å²) in [4.78, 5) is 11.0. The van der Waals surface area contributed by atoms with Gasteiger partial charge in [-0.2, -0.15) is 4.98 Å². The fourth-order valence-electron chi connectivity index (χ4n) is 2.73. The number of aromatic nitrogens is 2. The second-order valence-electron chi connectivity index (χ2n) is 6.49. The lowest BCUT2D eigenvalue weighted by Crippen LogP contribution is -2.09. The van der Waals surface area contributed by atoms with Gasteiger partial charge in [-0.1, -0.05) is 6.07 Å². The average molecular weight is 363 g/mol. The average Bonchev–Trinajstić information content (AvgIpc) is 3.12. The SMILES string of the molecule is Cc1cnc(Nc2cccc(N(C)C)c2)nc1Nc1ccc2c(c1)OCO2. The van der Waals surface area contributed by atoms with Gasteiger partial charge in [0.15, 0.2) is 11.5 Å². The Balaban J connectivity index is 1.55. The maximum Gasteiger partial charge on any atom is 0.231 e. The monoisotopic (exact) mass is 363 g/mol. The van der Waals surface area contributed by atoms with Crippen molar-refractivity contribution in [2.24, 2.45) is 0 Å². The first-order valence-corrected chi connectivity index (χ1v) is 8.63. The van der Waals surface area contributed by atoms with Crippen molar-refractivity contribution in [2.75, 3.05) is 36.4 Å². The van der Waals surface area contributed by atoms with E-state index in [9.17, 15) is 0 Å². The van der Waals surface area contributed by atoms with Crippen molar-refractivity contribution < 1.29 is 9.47 Å². The minimum Gasteiger partial charge on any atom is -0.454 e. The Morgan fingerprint density at radius 3 is 2.63 bits per heavy atom. The molecule has 0 saturated carbocycles. The van der Waals surface area contributed by atoms with Crippen molar-refractivity contribution >= 4 is 28.8 Å². The predicted molar refractivity (Wildman–Crippen MR) is 107 cm³/mol. The zero-order chi connectivity index (χ0) is 18.8. The Morgan fingerprint density at radius 1 is 0.963 bits per heavy atom. The molecule has 27 heavy (non-hydrogen) atoms. The summed E-state index contributed by atoms with van der Waals surface area (Å²) >= 11 is 0. The van der Waals surface area contributed by atoms with E-state index >= 15 is 0 Å². The molecule has 2 heterocycles. The van der Waals surface area contributed by atoms with Gasteiger partial charge in [-0.25, -0.2) is 4.98 Å². The normalized spacial score (nSPS) is 12.0. The molecule has 0 fully saturated rings. The van der Waals surface area contributed by atoms with Crippen LogP contribution in [0.4, 0.5) is 28.8 Å². The maximum atomic E-state index is 5.43. The number of rotatable bonds is 5. The molecule has 1 aromatic heterocycles. The second-order valence-corrected chi connectivity index (χ2v) is 6.49. The van der Waals surface area contributed by atoms with Crippen LogP contribution in [0.15, 0.2) is 48.7 Å². The number of nitrogens with one attached hydrogen (secondary N) is 2. The molecular formula is C20H21N5O2. The molecule has 2 aromatic carbocycles. The molecule has 7 nitrogen and oxygen atoms in total. The zero-order valence-corrected chi connectivity index (χ0v) is 15.5. The molecule has 7 heteroatoms. The first kappa shape index (κ1) is 17.0. The smallest absolute Gasteiger partial charge is 0.231 e. The van der Waals surface area contributed by atoms with E-state index in [-0.39, 0.29) is 6.79 Å². The number of aryl methyl sites for hydroxylation is 1. The molecule has 0 atom stereocenters. The van der Waals surface area contributed by atoms with E-state index in [1.807, 2.05) is 68.4 Å². The molecular weight excluding hydrogens is 342 g/mol. The van der Waals surface area contributed by atoms with E-state index in [0.717, 1.165) is 39.9 Å². The van der Waals surface area contributed by atoms with Crippen LogP contribution in [0.1, 0.15) is 5.56 Å². The van der Waals surface area contributed by atoms with Gasteiger partial charge in [0.1, 0.15) is 5.82 Å². The summed E-state index contributed by atoms with van der Waals surface area (Å²) in [6.45, 7) is 2.22. The second kappa shape index (κ2) is 7.03. The van der Waals surface area contributed by atoms with Crippen LogP contribution in [0.2, 0.25) is 0 Å². The number of benzene rings is 2. The number of fused-ring (bicyclic) bond motifs is 1. The topological polar surface area (TPSA) is 71.5 Å². The highest BCUT2D eigenvalue weighted by atomic mass is 16.7. The number of anilines is 5. The molecule has 138 valence electrons. The molecule has 3 aromatic rings. The summed E-state index contributed by atoms with van der Waals surface area (Å²) in [6, 6.07) is 13.8. The Labute approximate surface area is 158 Å². The lowest BCUT2D eigenvalue weighted by atomic mass is 10.2. The molecule has 4 rings (SSSR count). The molecule has 1 aliphatic heterocycles. The summed E-state index contributed by atoms with van der Waals surface area (Å²) in [5, 5.41) is 6.58. The summed E-state index contributed by atoms with van der Waals surface area (Å²) in [5.74, 6) is 2.74. The van der Waals surface area contributed by atoms with E-state index in [0.29, 0.717) is 5.95 Å². The highest BCUT2D eigenvalue weighted by Gasteiger charge is 2.14. The molecule has 2 N–H and O–H groups in total. The number of hydrogen-bond acceptors (Lipinski definition) is 7. The van der Waals surface area contributed by atoms with Crippen molar-refractivity contribution in [1.29, 1.82) is 0 Å². The van der Waals surface area contributed by atoms with Gasteiger partial charge >= 0.3 is 0 Å². The van der Waals surface area contributed by atoms with Gasteiger partial charge in [0.2, 0.25) is 12.7 Å². The van der Waals surface area contributed by atoms with Gasteiger partial charge in [-0.05, 0) is 37.3 Å². The molecule has 0 saturated heterocycles. The van der Waals surface area contributed by atoms with Gasteiger partial charge in [0, 0.05) is 49.0 Å². The van der Waals surface area contributed by atoms with Crippen molar-refractivity contribution in [2.45, 2.75) is 6.92 Å². The third-order valence-corrected chi connectivity index (χ3v) is 4.23. The van der Waals surface area contributed by atoms with Gasteiger partial charge in [0.05, 0.1) is 0 Å². The Hall–Kier alpha value is -3.48. The van der Waals surface area contributed by atoms with Gasteiger partial charge in [0.25, 0.3) is 0 Å². The fraction of sp³-hybridized carbons (Fsp3) is 0.200. The van der Waals surface area contributed by atoms with E-state index in [1.54, 1.807) is 6.20 Å². The minimum absolute atomic E-state index is 0.255. The largest absolute Gasteiger partial charge is 0.454 e. The molecule has 0 spiro atoms. The summed E-state index contributed by atoms with van der Waals surface area (Å²) in [7, 11) is 4.02. The van der Waals surface area contributed by atoms with Crippen LogP contribution in [-0.2, 0) is 0 Å². The third-order valence-electron chi connectivity index (χ3n) is 4.23. The quantitative estimate of drug-likeness (QED) is 0.708. The number of hydrogen-bond donors (Lipinski definition) is 2. The van der Waals surface area contributed by atoms with E-state index in [4.69, 9.17) is 9.47 Å². The number of nitrogens with zero attached hydrogens (tertiary/aromatic N) is 3. The lowest BCUT2D eigenvalue weighted by Gasteiger charge is -2.15. The van der Waals surface area contributed by atoms with Gasteiger partial charge in [-0.15, -0.1) is 0 Å². The van der Waals surface area contributed by atoms with Crippen LogP contribution in [-0.4, -0.2) is 30.9 Å². The summed E-state index contributed by atoms with van der Waals surface area (Å²) in [6.07, 6.45) is 1.79. The third kappa shape index (κ3) is 3.72. The van der Waals surface area contributed by atoms with Crippen LogP contribution >= 0.6 is 0 Å². The molecule has 0 bridgehead atoms. The predicted octanol–water partition coefficient (Wildman–Crippen LogP) is 4.07. The Morgan fingerprint density at radius 2 is 1.78 bits per heavy atom.